The Kier molecular flexibility index (Phi) is 3.10. The fourth-order valence-corrected chi connectivity index (χ4v) is 1.81. The van der Waals surface area contributed by atoms with Gasteiger partial charge in [0.15, 0.2) is 5.82 Å². The number of hydrogen-bond donors (Lipinski definition) is 1. The quantitative estimate of drug-likeness (QED) is 0.607. The van der Waals surface area contributed by atoms with E-state index in [2.05, 4.69) is 4.98 Å². The molecule has 1 aromatic rings. The van der Waals surface area contributed by atoms with Crippen molar-refractivity contribution in [3.05, 3.63) is 21.9 Å². The Morgan fingerprint density at radius 3 is 2.76 bits per heavy atom. The maximum atomic E-state index is 10.9. The van der Waals surface area contributed by atoms with Crippen molar-refractivity contribution in [1.29, 1.82) is 0 Å². The Morgan fingerprint density at radius 2 is 2.18 bits per heavy atom. The molecular formula is C10H13N3O4. The van der Waals surface area contributed by atoms with E-state index in [0.717, 1.165) is 0 Å². The van der Waals surface area contributed by atoms with Gasteiger partial charge in [-0.2, -0.15) is 0 Å². The molecule has 1 saturated heterocycles. The molecule has 0 atom stereocenters. The third-order valence-electron chi connectivity index (χ3n) is 2.68. The Morgan fingerprint density at radius 1 is 1.53 bits per heavy atom. The maximum Gasteiger partial charge on any atom is 0.319 e. The molecule has 0 radical (unpaired) electrons. The number of aromatic hydroxyl groups is 1. The molecule has 0 spiro atoms. The molecule has 7 nitrogen and oxygen atoms in total. The fraction of sp³-hybridized carbons (Fsp3) is 0.500. The monoisotopic (exact) mass is 239 g/mol. The van der Waals surface area contributed by atoms with Crippen molar-refractivity contribution in [1.82, 2.24) is 4.98 Å². The number of rotatable bonds is 2. The number of morpholine rings is 1. The normalized spacial score (nSPS) is 15.9. The molecule has 0 saturated carbocycles. The van der Waals surface area contributed by atoms with Crippen molar-refractivity contribution in [2.24, 2.45) is 0 Å². The molecule has 92 valence electrons. The van der Waals surface area contributed by atoms with Crippen LogP contribution in [0.15, 0.2) is 6.20 Å². The van der Waals surface area contributed by atoms with Gasteiger partial charge in [0, 0.05) is 24.8 Å². The molecule has 17 heavy (non-hydrogen) atoms. The molecule has 1 aliphatic heterocycles. The second-order valence-corrected chi connectivity index (χ2v) is 3.82. The minimum Gasteiger partial charge on any atom is -0.500 e. The van der Waals surface area contributed by atoms with Crippen LogP contribution >= 0.6 is 0 Å². The Labute approximate surface area is 97.8 Å². The lowest BCUT2D eigenvalue weighted by Gasteiger charge is -2.28. The molecule has 1 aliphatic rings. The molecule has 1 aromatic heterocycles. The van der Waals surface area contributed by atoms with Gasteiger partial charge in [0.25, 0.3) is 0 Å². The first-order valence-corrected chi connectivity index (χ1v) is 5.27. The highest BCUT2D eigenvalue weighted by atomic mass is 16.6. The van der Waals surface area contributed by atoms with Crippen LogP contribution in [0, 0.1) is 17.0 Å². The highest BCUT2D eigenvalue weighted by Crippen LogP contribution is 2.36. The topological polar surface area (TPSA) is 88.7 Å². The van der Waals surface area contributed by atoms with Crippen LogP contribution in [0.5, 0.6) is 5.75 Å². The van der Waals surface area contributed by atoms with Gasteiger partial charge < -0.3 is 14.7 Å². The third-order valence-corrected chi connectivity index (χ3v) is 2.68. The van der Waals surface area contributed by atoms with Gasteiger partial charge in [-0.25, -0.2) is 4.98 Å². The molecule has 0 bridgehead atoms. The van der Waals surface area contributed by atoms with Gasteiger partial charge in [0.1, 0.15) is 0 Å². The van der Waals surface area contributed by atoms with E-state index in [9.17, 15) is 15.2 Å². The van der Waals surface area contributed by atoms with E-state index in [4.69, 9.17) is 4.74 Å². The molecule has 0 aromatic carbocycles. The van der Waals surface area contributed by atoms with E-state index >= 15 is 0 Å². The molecule has 7 heteroatoms. The molecule has 1 N–H and O–H groups in total. The molecule has 1 fully saturated rings. The predicted molar refractivity (Wildman–Crippen MR) is 60.3 cm³/mol. The molecule has 2 heterocycles. The van der Waals surface area contributed by atoms with Crippen molar-refractivity contribution in [3.8, 4) is 5.75 Å². The molecular weight excluding hydrogens is 226 g/mol. The standard InChI is InChI=1S/C10H13N3O4/c1-7-6-11-10(9(14)8(7)13(15)16)12-2-4-17-5-3-12/h6,14H,2-5H2,1H3. The number of nitrogens with zero attached hydrogens (tertiary/aromatic N) is 3. The summed E-state index contributed by atoms with van der Waals surface area (Å²) in [6.07, 6.45) is 1.41. The van der Waals surface area contributed by atoms with Crippen molar-refractivity contribution >= 4 is 11.5 Å². The first-order valence-electron chi connectivity index (χ1n) is 5.27. The number of hydrogen-bond acceptors (Lipinski definition) is 6. The summed E-state index contributed by atoms with van der Waals surface area (Å²) in [5.41, 5.74) is 0.0750. The summed E-state index contributed by atoms with van der Waals surface area (Å²) in [5.74, 6) is -0.109. The van der Waals surface area contributed by atoms with Crippen LogP contribution in [-0.4, -0.2) is 41.3 Å². The zero-order valence-corrected chi connectivity index (χ0v) is 9.42. The second-order valence-electron chi connectivity index (χ2n) is 3.82. The van der Waals surface area contributed by atoms with Crippen LogP contribution in [0.3, 0.4) is 0 Å². The number of ether oxygens (including phenoxy) is 1. The van der Waals surface area contributed by atoms with Crippen molar-refractivity contribution in [3.63, 3.8) is 0 Å². The van der Waals surface area contributed by atoms with Gasteiger partial charge in [0.05, 0.1) is 18.1 Å². The van der Waals surface area contributed by atoms with Crippen LogP contribution in [-0.2, 0) is 4.74 Å². The van der Waals surface area contributed by atoms with E-state index in [1.54, 1.807) is 11.8 Å². The smallest absolute Gasteiger partial charge is 0.319 e. The average Bonchev–Trinajstić information content (AvgIpc) is 2.30. The number of aryl methyl sites for hydroxylation is 1. The van der Waals surface area contributed by atoms with Crippen LogP contribution in [0.1, 0.15) is 5.56 Å². The lowest BCUT2D eigenvalue weighted by atomic mass is 10.2. The summed E-state index contributed by atoms with van der Waals surface area (Å²) in [5, 5.41) is 20.8. The molecule has 2 rings (SSSR count). The van der Waals surface area contributed by atoms with E-state index in [1.807, 2.05) is 0 Å². The molecule has 0 unspecified atom stereocenters. The average molecular weight is 239 g/mol. The van der Waals surface area contributed by atoms with Gasteiger partial charge in [-0.05, 0) is 6.92 Å². The Hall–Kier alpha value is -1.89. The van der Waals surface area contributed by atoms with Gasteiger partial charge in [-0.15, -0.1) is 0 Å². The molecule has 0 amide bonds. The summed E-state index contributed by atoms with van der Waals surface area (Å²) in [4.78, 5) is 16.1. The highest BCUT2D eigenvalue weighted by Gasteiger charge is 2.25. The van der Waals surface area contributed by atoms with Crippen molar-refractivity contribution in [2.45, 2.75) is 6.92 Å². The predicted octanol–water partition coefficient (Wildman–Crippen LogP) is 0.840. The second kappa shape index (κ2) is 4.54. The highest BCUT2D eigenvalue weighted by molar-refractivity contribution is 5.64. The maximum absolute atomic E-state index is 10.9. The lowest BCUT2D eigenvalue weighted by Crippen LogP contribution is -2.36. The van der Waals surface area contributed by atoms with Gasteiger partial charge in [-0.3, -0.25) is 10.1 Å². The lowest BCUT2D eigenvalue weighted by molar-refractivity contribution is -0.386. The van der Waals surface area contributed by atoms with Crippen LogP contribution < -0.4 is 4.90 Å². The summed E-state index contributed by atoms with van der Waals surface area (Å²) in [7, 11) is 0. The van der Waals surface area contributed by atoms with Crippen LogP contribution in [0.4, 0.5) is 11.5 Å². The summed E-state index contributed by atoms with van der Waals surface area (Å²) < 4.78 is 5.18. The number of pyridine rings is 1. The zero-order valence-electron chi connectivity index (χ0n) is 9.42. The van der Waals surface area contributed by atoms with E-state index in [1.165, 1.54) is 6.20 Å². The first-order chi connectivity index (χ1) is 8.11. The summed E-state index contributed by atoms with van der Waals surface area (Å²) in [6.45, 7) is 3.75. The third kappa shape index (κ3) is 2.14. The van der Waals surface area contributed by atoms with E-state index < -0.39 is 4.92 Å². The summed E-state index contributed by atoms with van der Waals surface area (Å²) in [6, 6.07) is 0. The van der Waals surface area contributed by atoms with Crippen LogP contribution in [0.2, 0.25) is 0 Å². The minimum absolute atomic E-state index is 0.255. The number of aromatic nitrogens is 1. The van der Waals surface area contributed by atoms with Crippen molar-refractivity contribution < 1.29 is 14.8 Å². The SMILES string of the molecule is Cc1cnc(N2CCOCC2)c(O)c1[N+](=O)[O-]. The summed E-state index contributed by atoms with van der Waals surface area (Å²) >= 11 is 0. The minimum atomic E-state index is -0.587. The fourth-order valence-electron chi connectivity index (χ4n) is 1.81. The Balaban J connectivity index is 2.41. The van der Waals surface area contributed by atoms with Gasteiger partial charge in [0.2, 0.25) is 5.75 Å². The first kappa shape index (κ1) is 11.6. The van der Waals surface area contributed by atoms with Gasteiger partial charge in [-0.1, -0.05) is 0 Å². The number of nitro groups is 1. The molecule has 0 aliphatic carbocycles. The Bertz CT molecular complexity index is 443. The number of anilines is 1. The largest absolute Gasteiger partial charge is 0.500 e. The van der Waals surface area contributed by atoms with Crippen LogP contribution in [0.25, 0.3) is 0 Å². The van der Waals surface area contributed by atoms with E-state index in [-0.39, 0.29) is 17.3 Å². The van der Waals surface area contributed by atoms with E-state index in [0.29, 0.717) is 31.9 Å². The van der Waals surface area contributed by atoms with Gasteiger partial charge >= 0.3 is 5.69 Å². The zero-order chi connectivity index (χ0) is 12.4. The van der Waals surface area contributed by atoms with Crippen molar-refractivity contribution in [2.75, 3.05) is 31.2 Å².